The average Bonchev–Trinajstić information content (AvgIpc) is 2.74. The van der Waals surface area contributed by atoms with Crippen molar-refractivity contribution < 1.29 is 4.79 Å². The molecule has 2 heterocycles. The molecule has 1 fully saturated rings. The second kappa shape index (κ2) is 8.55. The molecule has 1 aliphatic rings. The highest BCUT2D eigenvalue weighted by Gasteiger charge is 2.23. The van der Waals surface area contributed by atoms with Crippen molar-refractivity contribution in [3.8, 4) is 0 Å². The van der Waals surface area contributed by atoms with Gasteiger partial charge in [0.05, 0.1) is 11.1 Å². The van der Waals surface area contributed by atoms with Gasteiger partial charge in [0.15, 0.2) is 0 Å². The van der Waals surface area contributed by atoms with E-state index in [0.717, 1.165) is 35.9 Å². The van der Waals surface area contributed by atoms with Crippen molar-refractivity contribution in [1.29, 1.82) is 0 Å². The van der Waals surface area contributed by atoms with Crippen molar-refractivity contribution >= 4 is 16.7 Å². The van der Waals surface area contributed by atoms with Gasteiger partial charge in [0.2, 0.25) is 5.91 Å². The third kappa shape index (κ3) is 4.36. The van der Waals surface area contributed by atoms with E-state index in [1.54, 1.807) is 18.5 Å². The highest BCUT2D eigenvalue weighted by molar-refractivity contribution is 5.84. The van der Waals surface area contributed by atoms with Crippen LogP contribution in [0.2, 0.25) is 0 Å². The van der Waals surface area contributed by atoms with E-state index in [1.807, 2.05) is 30.3 Å². The van der Waals surface area contributed by atoms with Crippen LogP contribution in [-0.2, 0) is 17.8 Å². The van der Waals surface area contributed by atoms with Crippen molar-refractivity contribution in [3.05, 3.63) is 70.4 Å². The molecule has 0 saturated heterocycles. The summed E-state index contributed by atoms with van der Waals surface area (Å²) < 4.78 is 1.30. The van der Waals surface area contributed by atoms with Crippen molar-refractivity contribution in [2.24, 2.45) is 5.92 Å². The van der Waals surface area contributed by atoms with E-state index in [-0.39, 0.29) is 24.1 Å². The number of hydrogen-bond donors (Lipinski definition) is 1. The van der Waals surface area contributed by atoms with E-state index in [4.69, 9.17) is 0 Å². The van der Waals surface area contributed by atoms with E-state index in [9.17, 15) is 9.59 Å². The van der Waals surface area contributed by atoms with Gasteiger partial charge in [0.1, 0.15) is 6.54 Å². The minimum absolute atomic E-state index is 0.0626. The zero-order valence-corrected chi connectivity index (χ0v) is 16.7. The molecule has 6 nitrogen and oxygen atoms in total. The van der Waals surface area contributed by atoms with Crippen LogP contribution in [0.4, 0.5) is 0 Å². The second-order valence-electron chi connectivity index (χ2n) is 7.93. The Balaban J connectivity index is 1.62. The number of nitrogens with zero attached hydrogens (tertiary/aromatic N) is 3. The number of benzene rings is 1. The molecule has 0 radical (unpaired) electrons. The molecule has 2 aromatic heterocycles. The minimum atomic E-state index is -0.234. The molecule has 1 aromatic carbocycles. The lowest BCUT2D eigenvalue weighted by Crippen LogP contribution is -2.44. The lowest BCUT2D eigenvalue weighted by Gasteiger charge is -2.29. The molecule has 29 heavy (non-hydrogen) atoms. The first-order chi connectivity index (χ1) is 14.1. The van der Waals surface area contributed by atoms with Crippen LogP contribution in [0.1, 0.15) is 43.9 Å². The third-order valence-electron chi connectivity index (χ3n) is 5.79. The Kier molecular flexibility index (Phi) is 5.69. The summed E-state index contributed by atoms with van der Waals surface area (Å²) in [6.45, 7) is 2.11. The van der Waals surface area contributed by atoms with Crippen molar-refractivity contribution in [2.75, 3.05) is 0 Å². The lowest BCUT2D eigenvalue weighted by molar-refractivity contribution is -0.123. The fraction of sp³-hybridized carbons (Fsp3) is 0.391. The van der Waals surface area contributed by atoms with E-state index < -0.39 is 0 Å². The summed E-state index contributed by atoms with van der Waals surface area (Å²) in [5.41, 5.74) is 1.55. The van der Waals surface area contributed by atoms with Crippen molar-refractivity contribution in [1.82, 2.24) is 20.1 Å². The zero-order chi connectivity index (χ0) is 20.2. The summed E-state index contributed by atoms with van der Waals surface area (Å²) in [5.74, 6) is 0.316. The first-order valence-electron chi connectivity index (χ1n) is 10.3. The zero-order valence-electron chi connectivity index (χ0n) is 16.7. The topological polar surface area (TPSA) is 76.9 Å². The number of carbonyl (C=O) groups is 1. The first-order valence-corrected chi connectivity index (χ1v) is 10.3. The molecule has 1 saturated carbocycles. The number of aromatic nitrogens is 3. The Morgan fingerprint density at radius 1 is 1.14 bits per heavy atom. The molecule has 0 bridgehead atoms. The van der Waals surface area contributed by atoms with E-state index >= 15 is 0 Å². The van der Waals surface area contributed by atoms with E-state index in [2.05, 4.69) is 22.3 Å². The maximum absolute atomic E-state index is 12.9. The van der Waals surface area contributed by atoms with Crippen molar-refractivity contribution in [3.63, 3.8) is 0 Å². The summed E-state index contributed by atoms with van der Waals surface area (Å²) in [6.07, 6.45) is 8.56. The largest absolute Gasteiger partial charge is 0.351 e. The molecule has 1 aliphatic carbocycles. The van der Waals surface area contributed by atoms with Gasteiger partial charge < -0.3 is 5.32 Å². The first kappa shape index (κ1) is 19.3. The number of fused-ring (bicyclic) bond motifs is 1. The molecule has 0 spiro atoms. The fourth-order valence-electron chi connectivity index (χ4n) is 4.16. The van der Waals surface area contributed by atoms with Gasteiger partial charge >= 0.3 is 0 Å². The van der Waals surface area contributed by atoms with Crippen molar-refractivity contribution in [2.45, 2.75) is 51.6 Å². The SMILES string of the molecule is CC1CCCCC1NC(=O)Cn1nc(Cc2cccnc2)c2ccccc2c1=O. The maximum Gasteiger partial charge on any atom is 0.275 e. The van der Waals surface area contributed by atoms with Crippen LogP contribution in [0.25, 0.3) is 10.8 Å². The number of pyridine rings is 1. The van der Waals surface area contributed by atoms with Gasteiger partial charge in [0.25, 0.3) is 5.56 Å². The Labute approximate surface area is 170 Å². The van der Waals surface area contributed by atoms with E-state index in [0.29, 0.717) is 17.7 Å². The standard InChI is InChI=1S/C23H26N4O2/c1-16-7-2-5-11-20(16)25-22(28)15-27-23(29)19-10-4-3-9-18(19)21(26-27)13-17-8-6-12-24-14-17/h3-4,6,8-10,12,14,16,20H,2,5,7,11,13,15H2,1H3,(H,25,28). The summed E-state index contributed by atoms with van der Waals surface area (Å²) in [6, 6.07) is 11.5. The van der Waals surface area contributed by atoms with Crippen LogP contribution in [-0.4, -0.2) is 26.7 Å². The van der Waals surface area contributed by atoms with Gasteiger partial charge in [-0.15, -0.1) is 0 Å². The van der Waals surface area contributed by atoms with Crippen LogP contribution in [0.3, 0.4) is 0 Å². The number of amides is 1. The maximum atomic E-state index is 12.9. The van der Waals surface area contributed by atoms with Gasteiger partial charge in [-0.05, 0) is 36.5 Å². The monoisotopic (exact) mass is 390 g/mol. The molecule has 6 heteroatoms. The molecular weight excluding hydrogens is 364 g/mol. The Morgan fingerprint density at radius 3 is 2.69 bits per heavy atom. The Hall–Kier alpha value is -3.02. The van der Waals surface area contributed by atoms with Crippen LogP contribution in [0.15, 0.2) is 53.6 Å². The number of hydrogen-bond acceptors (Lipinski definition) is 4. The Bertz CT molecular complexity index is 1060. The molecule has 0 aliphatic heterocycles. The average molecular weight is 390 g/mol. The van der Waals surface area contributed by atoms with Crippen LogP contribution < -0.4 is 10.9 Å². The minimum Gasteiger partial charge on any atom is -0.351 e. The van der Waals surface area contributed by atoms with Crippen LogP contribution in [0.5, 0.6) is 0 Å². The molecule has 1 N–H and O–H groups in total. The summed E-state index contributed by atoms with van der Waals surface area (Å²) in [4.78, 5) is 29.8. The quantitative estimate of drug-likeness (QED) is 0.726. The summed E-state index contributed by atoms with van der Waals surface area (Å²) >= 11 is 0. The predicted molar refractivity (Wildman–Crippen MR) is 113 cm³/mol. The molecule has 2 unspecified atom stereocenters. The summed E-state index contributed by atoms with van der Waals surface area (Å²) in [5, 5.41) is 9.08. The van der Waals surface area contributed by atoms with Gasteiger partial charge in [-0.3, -0.25) is 14.6 Å². The van der Waals surface area contributed by atoms with Gasteiger partial charge in [-0.25, -0.2) is 4.68 Å². The predicted octanol–water partition coefficient (Wildman–Crippen LogP) is 3.08. The fourth-order valence-corrected chi connectivity index (χ4v) is 4.16. The third-order valence-corrected chi connectivity index (χ3v) is 5.79. The highest BCUT2D eigenvalue weighted by Crippen LogP contribution is 2.23. The van der Waals surface area contributed by atoms with Crippen LogP contribution in [0, 0.1) is 5.92 Å². The smallest absolute Gasteiger partial charge is 0.275 e. The van der Waals surface area contributed by atoms with Gasteiger partial charge in [0, 0.05) is 30.2 Å². The number of rotatable bonds is 5. The summed E-state index contributed by atoms with van der Waals surface area (Å²) in [7, 11) is 0. The lowest BCUT2D eigenvalue weighted by atomic mass is 9.86. The molecule has 150 valence electrons. The van der Waals surface area contributed by atoms with Gasteiger partial charge in [-0.1, -0.05) is 44.0 Å². The molecule has 4 rings (SSSR count). The molecule has 1 amide bonds. The number of carbonyl (C=O) groups excluding carboxylic acids is 1. The molecular formula is C23H26N4O2. The highest BCUT2D eigenvalue weighted by atomic mass is 16.2. The molecule has 2 atom stereocenters. The van der Waals surface area contributed by atoms with Crippen LogP contribution >= 0.6 is 0 Å². The van der Waals surface area contributed by atoms with Gasteiger partial charge in [-0.2, -0.15) is 5.10 Å². The second-order valence-corrected chi connectivity index (χ2v) is 7.93. The van der Waals surface area contributed by atoms with E-state index in [1.165, 1.54) is 11.1 Å². The normalized spacial score (nSPS) is 19.2. The number of nitrogens with one attached hydrogen (secondary N) is 1. The Morgan fingerprint density at radius 2 is 1.93 bits per heavy atom. The molecule has 3 aromatic rings.